The number of benzene rings is 4. The molecule has 0 spiro atoms. The van der Waals surface area contributed by atoms with Gasteiger partial charge in [0, 0.05) is 97.9 Å². The van der Waals surface area contributed by atoms with Crippen molar-refractivity contribution >= 4 is 45.1 Å². The highest BCUT2D eigenvalue weighted by Crippen LogP contribution is 2.25. The van der Waals surface area contributed by atoms with Gasteiger partial charge in [-0.25, -0.2) is 9.59 Å². The first kappa shape index (κ1) is 42.5. The number of hydrogen-bond acceptors (Lipinski definition) is 9. The lowest BCUT2D eigenvalue weighted by Gasteiger charge is -2.36. The lowest BCUT2D eigenvalue weighted by atomic mass is 10.0. The second kappa shape index (κ2) is 20.6. The lowest BCUT2D eigenvalue weighted by Crippen LogP contribution is -2.46. The minimum absolute atomic E-state index is 0.299. The second-order valence-corrected chi connectivity index (χ2v) is 15.8. The number of nitrogens with zero attached hydrogens (tertiary/aromatic N) is 6. The van der Waals surface area contributed by atoms with Crippen molar-refractivity contribution in [3.63, 3.8) is 0 Å². The number of aromatic carboxylic acids is 1. The van der Waals surface area contributed by atoms with Crippen LogP contribution < -0.4 is 9.80 Å². The van der Waals surface area contributed by atoms with E-state index < -0.39 is 5.97 Å². The number of nitrogens with one attached hydrogen (secondary N) is 2. The Labute approximate surface area is 357 Å². The number of aromatic nitrogens is 2. The molecule has 3 N–H and O–H groups in total. The number of piperazine rings is 2. The quantitative estimate of drug-likeness (QED) is 0.0731. The van der Waals surface area contributed by atoms with E-state index in [0.717, 1.165) is 143 Å². The second-order valence-electron chi connectivity index (χ2n) is 15.8. The van der Waals surface area contributed by atoms with Gasteiger partial charge in [0.15, 0.2) is 0 Å². The molecule has 2 aliphatic rings. The van der Waals surface area contributed by atoms with Crippen molar-refractivity contribution in [2.75, 3.05) is 82.4 Å². The summed E-state index contributed by atoms with van der Waals surface area (Å²) in [5.41, 5.74) is 9.12. The highest BCUT2D eigenvalue weighted by atomic mass is 16.5. The molecule has 0 aliphatic carbocycles. The van der Waals surface area contributed by atoms with Crippen molar-refractivity contribution in [1.29, 1.82) is 10.5 Å². The van der Waals surface area contributed by atoms with E-state index in [1.54, 1.807) is 18.2 Å². The molecule has 4 aromatic carbocycles. The van der Waals surface area contributed by atoms with E-state index in [2.05, 4.69) is 60.0 Å². The molecule has 12 nitrogen and oxygen atoms in total. The van der Waals surface area contributed by atoms with Gasteiger partial charge in [-0.3, -0.25) is 9.80 Å². The highest BCUT2D eigenvalue weighted by molar-refractivity contribution is 5.96. The summed E-state index contributed by atoms with van der Waals surface area (Å²) >= 11 is 0. The van der Waals surface area contributed by atoms with Crippen LogP contribution in [0.1, 0.15) is 68.7 Å². The molecular formula is C49H54N8O4. The van der Waals surface area contributed by atoms with Gasteiger partial charge in [0.2, 0.25) is 0 Å². The summed E-state index contributed by atoms with van der Waals surface area (Å²) in [5, 5.41) is 29.5. The molecule has 314 valence electrons. The fourth-order valence-corrected chi connectivity index (χ4v) is 8.45. The van der Waals surface area contributed by atoms with E-state index in [1.807, 2.05) is 60.8 Å². The third kappa shape index (κ3) is 11.0. The third-order valence-electron chi connectivity index (χ3n) is 12.0. The number of ether oxygens (including phenoxy) is 1. The van der Waals surface area contributed by atoms with Gasteiger partial charge in [-0.15, -0.1) is 0 Å². The molecule has 12 heteroatoms. The van der Waals surface area contributed by atoms with Gasteiger partial charge in [-0.05, 0) is 136 Å². The van der Waals surface area contributed by atoms with Crippen LogP contribution >= 0.6 is 0 Å². The van der Waals surface area contributed by atoms with Gasteiger partial charge in [0.1, 0.15) is 0 Å². The van der Waals surface area contributed by atoms with E-state index in [-0.39, 0.29) is 5.97 Å². The fourth-order valence-electron chi connectivity index (χ4n) is 8.45. The zero-order valence-electron chi connectivity index (χ0n) is 34.9. The van der Waals surface area contributed by atoms with Crippen LogP contribution in [0.4, 0.5) is 11.4 Å². The maximum atomic E-state index is 11.8. The van der Waals surface area contributed by atoms with E-state index in [0.29, 0.717) is 16.7 Å². The number of hydrogen-bond donors (Lipinski definition) is 3. The van der Waals surface area contributed by atoms with Gasteiger partial charge in [-0.2, -0.15) is 10.5 Å². The molecule has 2 saturated heterocycles. The number of rotatable bonds is 14. The van der Waals surface area contributed by atoms with E-state index in [9.17, 15) is 14.7 Å². The van der Waals surface area contributed by atoms with Crippen LogP contribution in [0.25, 0.3) is 21.8 Å². The largest absolute Gasteiger partial charge is 0.478 e. The Balaban J connectivity index is 0.000000184. The summed E-state index contributed by atoms with van der Waals surface area (Å²) in [6.45, 7) is 10.3. The number of aromatic amines is 2. The van der Waals surface area contributed by atoms with E-state index >= 15 is 0 Å². The number of carboxylic acid groups (broad SMARTS) is 1. The van der Waals surface area contributed by atoms with Crippen LogP contribution in [0, 0.1) is 22.7 Å². The normalized spacial score (nSPS) is 14.6. The Hall–Kier alpha value is -6.60. The number of fused-ring (bicyclic) bond motifs is 2. The first-order valence-corrected chi connectivity index (χ1v) is 21.3. The van der Waals surface area contributed by atoms with Crippen molar-refractivity contribution in [2.24, 2.45) is 0 Å². The number of aryl methyl sites for hydroxylation is 2. The number of nitriles is 2. The summed E-state index contributed by atoms with van der Waals surface area (Å²) in [6, 6.07) is 31.0. The summed E-state index contributed by atoms with van der Waals surface area (Å²) in [7, 11) is 1.41. The molecule has 2 aromatic heterocycles. The van der Waals surface area contributed by atoms with Crippen molar-refractivity contribution in [1.82, 2.24) is 19.8 Å². The average Bonchev–Trinajstić information content (AvgIpc) is 3.92. The molecule has 0 unspecified atom stereocenters. The number of methoxy groups -OCH3 is 1. The molecule has 0 radical (unpaired) electrons. The summed E-state index contributed by atoms with van der Waals surface area (Å²) in [4.78, 5) is 39.3. The molecule has 0 atom stereocenters. The Kier molecular flexibility index (Phi) is 14.3. The highest BCUT2D eigenvalue weighted by Gasteiger charge is 2.19. The Morgan fingerprint density at radius 3 is 1.52 bits per heavy atom. The number of anilines is 2. The number of H-pyrrole nitrogens is 2. The van der Waals surface area contributed by atoms with Gasteiger partial charge in [-0.1, -0.05) is 12.1 Å². The van der Waals surface area contributed by atoms with Crippen LogP contribution in [-0.4, -0.2) is 109 Å². The zero-order chi connectivity index (χ0) is 42.6. The monoisotopic (exact) mass is 818 g/mol. The van der Waals surface area contributed by atoms with Crippen molar-refractivity contribution in [3.05, 3.63) is 131 Å². The number of unbranched alkanes of at least 4 members (excludes halogenated alkanes) is 2. The van der Waals surface area contributed by atoms with Gasteiger partial charge >= 0.3 is 11.9 Å². The third-order valence-corrected chi connectivity index (χ3v) is 12.0. The molecule has 4 heterocycles. The van der Waals surface area contributed by atoms with E-state index in [4.69, 9.17) is 15.3 Å². The molecule has 61 heavy (non-hydrogen) atoms. The number of esters is 1. The standard InChI is InChI=1S/C25H28N4O2.C24H26N4O2/c1-31-25(30)20-8-9-24-23(16-20)21(18-27-24)6-2-3-10-28-11-13-29(14-12-28)22-7-4-5-19(15-22)17-26;25-16-18-4-3-6-21(14-18)28-12-10-27(11-13-28)9-2-1-5-20-17-26-23-8-7-19(24(29)30)15-22(20)23/h4-5,7-9,15-16,18,27H,2-3,6,10-14H2,1H3;3-4,6-8,14-15,17,26H,1-2,5,9-13H2,(H,29,30). The molecule has 8 rings (SSSR count). The van der Waals surface area contributed by atoms with Gasteiger partial charge < -0.3 is 29.6 Å². The maximum absolute atomic E-state index is 11.8. The average molecular weight is 819 g/mol. The maximum Gasteiger partial charge on any atom is 0.337 e. The molecule has 0 bridgehead atoms. The van der Waals surface area contributed by atoms with Crippen LogP contribution in [0.3, 0.4) is 0 Å². The number of carbonyl (C=O) groups is 2. The topological polar surface area (TPSA) is 156 Å². The lowest BCUT2D eigenvalue weighted by molar-refractivity contribution is 0.0600. The molecule has 0 saturated carbocycles. The van der Waals surface area contributed by atoms with Gasteiger partial charge in [0.25, 0.3) is 0 Å². The van der Waals surface area contributed by atoms with Crippen molar-refractivity contribution < 1.29 is 19.4 Å². The minimum Gasteiger partial charge on any atom is -0.478 e. The Morgan fingerprint density at radius 1 is 0.623 bits per heavy atom. The predicted octanol–water partition coefficient (Wildman–Crippen LogP) is 7.85. The first-order chi connectivity index (χ1) is 29.8. The Bertz CT molecular complexity index is 2510. The zero-order valence-corrected chi connectivity index (χ0v) is 34.9. The SMILES string of the molecule is COC(=O)c1ccc2[nH]cc(CCCCN3CCN(c4cccc(C#N)c4)CC3)c2c1.N#Cc1cccc(N2CCN(CCCCc3c[nH]c4ccc(C(=O)O)cc34)CC2)c1. The van der Waals surface area contributed by atoms with Crippen LogP contribution in [-0.2, 0) is 17.6 Å². The fraction of sp³-hybridized carbons (Fsp3) is 0.347. The Morgan fingerprint density at radius 2 is 1.08 bits per heavy atom. The number of carboxylic acids is 1. The molecule has 0 amide bonds. The summed E-state index contributed by atoms with van der Waals surface area (Å²) in [6.07, 6.45) is 10.5. The summed E-state index contributed by atoms with van der Waals surface area (Å²) < 4.78 is 4.84. The van der Waals surface area contributed by atoms with Crippen LogP contribution in [0.5, 0.6) is 0 Å². The van der Waals surface area contributed by atoms with Crippen LogP contribution in [0.15, 0.2) is 97.3 Å². The predicted molar refractivity (Wildman–Crippen MR) is 240 cm³/mol. The molecular weight excluding hydrogens is 765 g/mol. The molecule has 2 fully saturated rings. The van der Waals surface area contributed by atoms with Gasteiger partial charge in [0.05, 0.1) is 41.5 Å². The minimum atomic E-state index is -0.887. The van der Waals surface area contributed by atoms with Crippen LogP contribution in [0.2, 0.25) is 0 Å². The molecule has 6 aromatic rings. The molecule has 2 aliphatic heterocycles. The summed E-state index contributed by atoms with van der Waals surface area (Å²) in [5.74, 6) is -1.19. The van der Waals surface area contributed by atoms with E-state index in [1.165, 1.54) is 18.2 Å². The number of carbonyl (C=O) groups excluding carboxylic acids is 1. The smallest absolute Gasteiger partial charge is 0.337 e. The van der Waals surface area contributed by atoms with Crippen molar-refractivity contribution in [2.45, 2.75) is 38.5 Å². The first-order valence-electron chi connectivity index (χ1n) is 21.3. The van der Waals surface area contributed by atoms with Crippen molar-refractivity contribution in [3.8, 4) is 12.1 Å².